The lowest BCUT2D eigenvalue weighted by atomic mass is 9.94. The van der Waals surface area contributed by atoms with Gasteiger partial charge in [0.25, 0.3) is 5.91 Å². The Balaban J connectivity index is 1.77. The molecule has 2 saturated carbocycles. The van der Waals surface area contributed by atoms with Crippen LogP contribution in [-0.4, -0.2) is 29.1 Å². The number of carbonyl (C=O) groups excluding carboxylic acids is 1. The van der Waals surface area contributed by atoms with Gasteiger partial charge < -0.3 is 9.42 Å². The lowest BCUT2D eigenvalue weighted by Crippen LogP contribution is -2.40. The van der Waals surface area contributed by atoms with Crippen molar-refractivity contribution in [2.24, 2.45) is 11.8 Å². The Morgan fingerprint density at radius 2 is 2.29 bits per heavy atom. The fourth-order valence-electron chi connectivity index (χ4n) is 3.53. The molecule has 0 spiro atoms. The number of amides is 1. The van der Waals surface area contributed by atoms with E-state index < -0.39 is 0 Å². The Hall–Kier alpha value is -1.32. The van der Waals surface area contributed by atoms with Gasteiger partial charge in [-0.1, -0.05) is 11.6 Å². The van der Waals surface area contributed by atoms with Crippen molar-refractivity contribution < 1.29 is 9.32 Å². The molecule has 1 aromatic heterocycles. The maximum Gasteiger partial charge on any atom is 0.259 e. The smallest absolute Gasteiger partial charge is 0.259 e. The summed E-state index contributed by atoms with van der Waals surface area (Å²) in [5.74, 6) is 2.24. The molecule has 4 heteroatoms. The van der Waals surface area contributed by atoms with Crippen molar-refractivity contribution in [1.29, 1.82) is 0 Å². The standard InChI is InChI=1S/C13H18N2O2/c1-8-11(7-14-17-8)13(16)15(2)12-6-9-3-4-10(12)5-9/h7,9-10,12H,3-6H2,1-2H3. The number of nitrogens with zero attached hydrogens (tertiary/aromatic N) is 2. The number of aromatic nitrogens is 1. The summed E-state index contributed by atoms with van der Waals surface area (Å²) >= 11 is 0. The van der Waals surface area contributed by atoms with Crippen LogP contribution in [-0.2, 0) is 0 Å². The van der Waals surface area contributed by atoms with Crippen LogP contribution >= 0.6 is 0 Å². The molecule has 2 aliphatic rings. The summed E-state index contributed by atoms with van der Waals surface area (Å²) in [6.45, 7) is 1.79. The van der Waals surface area contributed by atoms with Gasteiger partial charge in [-0.25, -0.2) is 0 Å². The van der Waals surface area contributed by atoms with E-state index in [1.165, 1.54) is 31.9 Å². The molecule has 0 saturated heterocycles. The van der Waals surface area contributed by atoms with Crippen LogP contribution in [0.1, 0.15) is 41.8 Å². The fourth-order valence-corrected chi connectivity index (χ4v) is 3.53. The largest absolute Gasteiger partial charge is 0.361 e. The fraction of sp³-hybridized carbons (Fsp3) is 0.692. The van der Waals surface area contributed by atoms with Crippen LogP contribution < -0.4 is 0 Å². The van der Waals surface area contributed by atoms with Crippen LogP contribution in [0.15, 0.2) is 10.7 Å². The highest BCUT2D eigenvalue weighted by molar-refractivity contribution is 5.94. The third-order valence-electron chi connectivity index (χ3n) is 4.50. The van der Waals surface area contributed by atoms with Crippen molar-refractivity contribution in [2.45, 2.75) is 38.6 Å². The van der Waals surface area contributed by atoms with E-state index in [0.717, 1.165) is 5.92 Å². The minimum Gasteiger partial charge on any atom is -0.361 e. The van der Waals surface area contributed by atoms with Gasteiger partial charge in [0.15, 0.2) is 0 Å². The monoisotopic (exact) mass is 234 g/mol. The number of hydrogen-bond acceptors (Lipinski definition) is 3. The Morgan fingerprint density at radius 1 is 1.47 bits per heavy atom. The van der Waals surface area contributed by atoms with Gasteiger partial charge in [-0.2, -0.15) is 0 Å². The van der Waals surface area contributed by atoms with E-state index in [0.29, 0.717) is 23.3 Å². The van der Waals surface area contributed by atoms with Crippen LogP contribution in [0.2, 0.25) is 0 Å². The van der Waals surface area contributed by atoms with Crippen molar-refractivity contribution in [3.63, 3.8) is 0 Å². The summed E-state index contributed by atoms with van der Waals surface area (Å²) in [6, 6.07) is 0.426. The van der Waals surface area contributed by atoms with Crippen molar-refractivity contribution >= 4 is 5.91 Å². The van der Waals surface area contributed by atoms with Gasteiger partial charge in [0.2, 0.25) is 0 Å². The highest BCUT2D eigenvalue weighted by atomic mass is 16.5. The minimum absolute atomic E-state index is 0.0568. The molecule has 1 amide bonds. The zero-order valence-corrected chi connectivity index (χ0v) is 10.3. The summed E-state index contributed by atoms with van der Waals surface area (Å²) < 4.78 is 4.96. The molecular weight excluding hydrogens is 216 g/mol. The van der Waals surface area contributed by atoms with Gasteiger partial charge in [0.1, 0.15) is 11.3 Å². The summed E-state index contributed by atoms with van der Waals surface area (Å²) in [7, 11) is 1.92. The Labute approximate surface area is 101 Å². The molecule has 3 rings (SSSR count). The van der Waals surface area contributed by atoms with Crippen LogP contribution in [0, 0.1) is 18.8 Å². The van der Waals surface area contributed by atoms with E-state index in [9.17, 15) is 4.79 Å². The Morgan fingerprint density at radius 3 is 2.82 bits per heavy atom. The zero-order valence-electron chi connectivity index (χ0n) is 10.3. The molecule has 2 bridgehead atoms. The first-order valence-corrected chi connectivity index (χ1v) is 6.35. The average molecular weight is 234 g/mol. The highest BCUT2D eigenvalue weighted by Gasteiger charge is 2.42. The quantitative estimate of drug-likeness (QED) is 0.788. The molecule has 3 atom stereocenters. The lowest BCUT2D eigenvalue weighted by molar-refractivity contribution is 0.0675. The Kier molecular flexibility index (Phi) is 2.45. The minimum atomic E-state index is 0.0568. The molecule has 17 heavy (non-hydrogen) atoms. The maximum atomic E-state index is 12.3. The molecule has 3 unspecified atom stereocenters. The van der Waals surface area contributed by atoms with Gasteiger partial charge in [-0.15, -0.1) is 0 Å². The molecule has 0 aromatic carbocycles. The summed E-state index contributed by atoms with van der Waals surface area (Å²) in [5.41, 5.74) is 0.607. The highest BCUT2D eigenvalue weighted by Crippen LogP contribution is 2.46. The summed E-state index contributed by atoms with van der Waals surface area (Å²) in [5, 5.41) is 3.68. The first kappa shape index (κ1) is 10.8. The van der Waals surface area contributed by atoms with Gasteiger partial charge in [0, 0.05) is 13.1 Å². The molecule has 1 heterocycles. The topological polar surface area (TPSA) is 46.3 Å². The van der Waals surface area contributed by atoms with Gasteiger partial charge >= 0.3 is 0 Å². The number of rotatable bonds is 2. The van der Waals surface area contributed by atoms with Gasteiger partial charge in [0.05, 0.1) is 6.20 Å². The molecule has 1 aromatic rings. The molecule has 0 aliphatic heterocycles. The normalized spacial score (nSPS) is 30.8. The van der Waals surface area contributed by atoms with E-state index in [-0.39, 0.29) is 5.91 Å². The summed E-state index contributed by atoms with van der Waals surface area (Å²) in [4.78, 5) is 14.2. The van der Waals surface area contributed by atoms with Gasteiger partial charge in [-0.05, 0) is 38.0 Å². The van der Waals surface area contributed by atoms with E-state index in [2.05, 4.69) is 5.16 Å². The molecule has 0 N–H and O–H groups in total. The molecular formula is C13H18N2O2. The van der Waals surface area contributed by atoms with Crippen LogP contribution in [0.5, 0.6) is 0 Å². The van der Waals surface area contributed by atoms with E-state index in [4.69, 9.17) is 4.52 Å². The van der Waals surface area contributed by atoms with E-state index in [1.807, 2.05) is 11.9 Å². The maximum absolute atomic E-state index is 12.3. The molecule has 92 valence electrons. The molecule has 2 fully saturated rings. The van der Waals surface area contributed by atoms with E-state index >= 15 is 0 Å². The number of fused-ring (bicyclic) bond motifs is 2. The van der Waals surface area contributed by atoms with Gasteiger partial charge in [-0.3, -0.25) is 4.79 Å². The first-order valence-electron chi connectivity index (χ1n) is 6.35. The van der Waals surface area contributed by atoms with Crippen molar-refractivity contribution in [1.82, 2.24) is 10.1 Å². The average Bonchev–Trinajstić information content (AvgIpc) is 3.02. The predicted molar refractivity (Wildman–Crippen MR) is 62.6 cm³/mol. The Bertz CT molecular complexity index is 440. The predicted octanol–water partition coefficient (Wildman–Crippen LogP) is 2.24. The first-order chi connectivity index (χ1) is 8.16. The van der Waals surface area contributed by atoms with E-state index in [1.54, 1.807) is 6.92 Å². The summed E-state index contributed by atoms with van der Waals surface area (Å²) in [6.07, 6.45) is 6.66. The van der Waals surface area contributed by atoms with Crippen LogP contribution in [0.25, 0.3) is 0 Å². The zero-order chi connectivity index (χ0) is 12.0. The number of aryl methyl sites for hydroxylation is 1. The second-order valence-electron chi connectivity index (χ2n) is 5.45. The van der Waals surface area contributed by atoms with Crippen LogP contribution in [0.3, 0.4) is 0 Å². The number of carbonyl (C=O) groups is 1. The van der Waals surface area contributed by atoms with Crippen molar-refractivity contribution in [3.8, 4) is 0 Å². The van der Waals surface area contributed by atoms with Crippen LogP contribution in [0.4, 0.5) is 0 Å². The molecule has 4 nitrogen and oxygen atoms in total. The second-order valence-corrected chi connectivity index (χ2v) is 5.45. The SMILES string of the molecule is Cc1oncc1C(=O)N(C)C1CC2CCC1C2. The lowest BCUT2D eigenvalue weighted by Gasteiger charge is -2.31. The van der Waals surface area contributed by atoms with Crippen molar-refractivity contribution in [2.75, 3.05) is 7.05 Å². The van der Waals surface area contributed by atoms with Crippen molar-refractivity contribution in [3.05, 3.63) is 17.5 Å². The second kappa shape index (κ2) is 3.86. The molecule has 2 aliphatic carbocycles. The number of hydrogen-bond donors (Lipinski definition) is 0. The third kappa shape index (κ3) is 1.66. The molecule has 0 radical (unpaired) electrons. The third-order valence-corrected chi connectivity index (χ3v) is 4.50.